The molecular formula is C16H27NO4. The highest BCUT2D eigenvalue weighted by atomic mass is 16.5. The van der Waals surface area contributed by atoms with E-state index < -0.39 is 5.60 Å². The van der Waals surface area contributed by atoms with E-state index in [1.165, 1.54) is 0 Å². The maximum absolute atomic E-state index is 13.1. The number of ether oxygens (including phenoxy) is 3. The van der Waals surface area contributed by atoms with E-state index in [0.29, 0.717) is 19.0 Å². The van der Waals surface area contributed by atoms with Crippen LogP contribution in [-0.2, 0) is 19.0 Å². The summed E-state index contributed by atoms with van der Waals surface area (Å²) in [5.74, 6) is 0.865. The second kappa shape index (κ2) is 6.36. The molecule has 0 aromatic carbocycles. The largest absolute Gasteiger partial charge is 0.482 e. The molecule has 0 radical (unpaired) electrons. The SMILES string of the molecule is C=C1C[C@@H](C)[C@](C)(C(=O)N2[C@@H](COC)CC[C@@H]2COC)O1. The summed E-state index contributed by atoms with van der Waals surface area (Å²) in [7, 11) is 3.34. The van der Waals surface area contributed by atoms with Crippen molar-refractivity contribution in [2.45, 2.75) is 50.8 Å². The summed E-state index contributed by atoms with van der Waals surface area (Å²) < 4.78 is 16.4. The van der Waals surface area contributed by atoms with Gasteiger partial charge in [-0.1, -0.05) is 13.5 Å². The highest BCUT2D eigenvalue weighted by Crippen LogP contribution is 2.40. The van der Waals surface area contributed by atoms with E-state index in [1.807, 2.05) is 18.7 Å². The Morgan fingerprint density at radius 1 is 1.33 bits per heavy atom. The van der Waals surface area contributed by atoms with Crippen LogP contribution in [0.4, 0.5) is 0 Å². The Hall–Kier alpha value is -1.07. The predicted octanol–water partition coefficient (Wildman–Crippen LogP) is 1.97. The van der Waals surface area contributed by atoms with Gasteiger partial charge in [0.15, 0.2) is 5.60 Å². The van der Waals surface area contributed by atoms with Crippen LogP contribution >= 0.6 is 0 Å². The van der Waals surface area contributed by atoms with Crippen molar-refractivity contribution in [3.8, 4) is 0 Å². The molecule has 120 valence electrons. The summed E-state index contributed by atoms with van der Waals surface area (Å²) in [5, 5.41) is 0. The Kier molecular flexibility index (Phi) is 4.94. The van der Waals surface area contributed by atoms with Crippen molar-refractivity contribution in [2.75, 3.05) is 27.4 Å². The van der Waals surface area contributed by atoms with Crippen LogP contribution in [0.15, 0.2) is 12.3 Å². The molecule has 4 atom stereocenters. The van der Waals surface area contributed by atoms with E-state index in [2.05, 4.69) is 6.58 Å². The van der Waals surface area contributed by atoms with Crippen LogP contribution in [0.5, 0.6) is 0 Å². The van der Waals surface area contributed by atoms with Crippen LogP contribution < -0.4 is 0 Å². The minimum Gasteiger partial charge on any atom is -0.482 e. The fourth-order valence-corrected chi connectivity index (χ4v) is 3.49. The fraction of sp³-hybridized carbons (Fsp3) is 0.812. The van der Waals surface area contributed by atoms with Crippen LogP contribution in [-0.4, -0.2) is 55.9 Å². The molecule has 21 heavy (non-hydrogen) atoms. The molecule has 0 aliphatic carbocycles. The van der Waals surface area contributed by atoms with E-state index in [0.717, 1.165) is 19.3 Å². The van der Waals surface area contributed by atoms with Gasteiger partial charge in [0.25, 0.3) is 5.91 Å². The zero-order valence-electron chi connectivity index (χ0n) is 13.6. The molecule has 2 heterocycles. The van der Waals surface area contributed by atoms with Gasteiger partial charge < -0.3 is 19.1 Å². The third-order valence-electron chi connectivity index (χ3n) is 4.83. The second-order valence-corrected chi connectivity index (χ2v) is 6.36. The van der Waals surface area contributed by atoms with Crippen LogP contribution in [0.25, 0.3) is 0 Å². The third kappa shape index (κ3) is 2.94. The zero-order chi connectivity index (χ0) is 15.6. The Bertz CT molecular complexity index is 397. The number of rotatable bonds is 5. The van der Waals surface area contributed by atoms with Crippen molar-refractivity contribution in [2.24, 2.45) is 5.92 Å². The predicted molar refractivity (Wildman–Crippen MR) is 79.8 cm³/mol. The van der Waals surface area contributed by atoms with Gasteiger partial charge in [0.1, 0.15) is 0 Å². The van der Waals surface area contributed by atoms with E-state index in [1.54, 1.807) is 14.2 Å². The molecule has 0 bridgehead atoms. The fourth-order valence-electron chi connectivity index (χ4n) is 3.49. The van der Waals surface area contributed by atoms with Gasteiger partial charge in [-0.2, -0.15) is 0 Å². The van der Waals surface area contributed by atoms with Crippen molar-refractivity contribution in [3.63, 3.8) is 0 Å². The van der Waals surface area contributed by atoms with Gasteiger partial charge in [-0.15, -0.1) is 0 Å². The Labute approximate surface area is 127 Å². The molecule has 2 aliphatic rings. The number of methoxy groups -OCH3 is 2. The van der Waals surface area contributed by atoms with Gasteiger partial charge in [-0.3, -0.25) is 4.79 Å². The molecule has 0 aromatic rings. The standard InChI is InChI=1S/C16H27NO4/c1-11-8-12(2)21-16(11,3)15(18)17-13(9-19-4)6-7-14(17)10-20-5/h11,13-14H,2,6-10H2,1,3-5H3/t11-,13-,14-,16-/m1/s1. The topological polar surface area (TPSA) is 48.0 Å². The lowest BCUT2D eigenvalue weighted by Crippen LogP contribution is -2.55. The van der Waals surface area contributed by atoms with Crippen LogP contribution in [0, 0.1) is 5.92 Å². The lowest BCUT2D eigenvalue weighted by Gasteiger charge is -2.37. The molecule has 2 rings (SSSR count). The van der Waals surface area contributed by atoms with Crippen molar-refractivity contribution in [1.82, 2.24) is 4.90 Å². The smallest absolute Gasteiger partial charge is 0.267 e. The lowest BCUT2D eigenvalue weighted by atomic mass is 9.88. The number of hydrogen-bond donors (Lipinski definition) is 0. The Balaban J connectivity index is 2.22. The van der Waals surface area contributed by atoms with Crippen LogP contribution in [0.2, 0.25) is 0 Å². The number of nitrogens with zero attached hydrogens (tertiary/aromatic N) is 1. The number of carbonyl (C=O) groups is 1. The Morgan fingerprint density at radius 2 is 1.86 bits per heavy atom. The first kappa shape index (κ1) is 16.3. The minimum atomic E-state index is -0.820. The van der Waals surface area contributed by atoms with E-state index in [4.69, 9.17) is 14.2 Å². The molecule has 2 saturated heterocycles. The first-order valence-corrected chi connectivity index (χ1v) is 7.61. The van der Waals surface area contributed by atoms with Crippen LogP contribution in [0.3, 0.4) is 0 Å². The number of likely N-dealkylation sites (tertiary alicyclic amines) is 1. The normalized spacial score (nSPS) is 36.1. The summed E-state index contributed by atoms with van der Waals surface area (Å²) in [4.78, 5) is 15.1. The first-order chi connectivity index (χ1) is 9.93. The third-order valence-corrected chi connectivity index (χ3v) is 4.83. The molecule has 0 aromatic heterocycles. The minimum absolute atomic E-state index is 0.0373. The maximum Gasteiger partial charge on any atom is 0.267 e. The number of hydrogen-bond acceptors (Lipinski definition) is 4. The van der Waals surface area contributed by atoms with E-state index in [-0.39, 0.29) is 23.9 Å². The Morgan fingerprint density at radius 3 is 2.24 bits per heavy atom. The first-order valence-electron chi connectivity index (χ1n) is 7.61. The maximum atomic E-state index is 13.1. The van der Waals surface area contributed by atoms with Crippen LogP contribution in [0.1, 0.15) is 33.1 Å². The van der Waals surface area contributed by atoms with Crippen molar-refractivity contribution >= 4 is 5.91 Å². The van der Waals surface area contributed by atoms with Crippen molar-refractivity contribution < 1.29 is 19.0 Å². The summed E-state index contributed by atoms with van der Waals surface area (Å²) in [6.45, 7) is 8.91. The second-order valence-electron chi connectivity index (χ2n) is 6.36. The number of amides is 1. The molecule has 0 saturated carbocycles. The van der Waals surface area contributed by atoms with Crippen molar-refractivity contribution in [3.05, 3.63) is 12.3 Å². The highest BCUT2D eigenvalue weighted by Gasteiger charge is 2.52. The molecular weight excluding hydrogens is 270 g/mol. The molecule has 5 heteroatoms. The van der Waals surface area contributed by atoms with Crippen molar-refractivity contribution in [1.29, 1.82) is 0 Å². The number of carbonyl (C=O) groups excluding carboxylic acids is 1. The van der Waals surface area contributed by atoms with Gasteiger partial charge in [-0.05, 0) is 19.8 Å². The molecule has 0 spiro atoms. The van der Waals surface area contributed by atoms with E-state index >= 15 is 0 Å². The molecule has 1 amide bonds. The summed E-state index contributed by atoms with van der Waals surface area (Å²) in [6.07, 6.45) is 2.62. The quantitative estimate of drug-likeness (QED) is 0.778. The van der Waals surface area contributed by atoms with Gasteiger partial charge in [0.05, 0.1) is 31.1 Å². The van der Waals surface area contributed by atoms with Gasteiger partial charge in [-0.25, -0.2) is 0 Å². The average Bonchev–Trinajstić information content (AvgIpc) is 2.92. The molecule has 5 nitrogen and oxygen atoms in total. The lowest BCUT2D eigenvalue weighted by molar-refractivity contribution is -0.156. The van der Waals surface area contributed by atoms with E-state index in [9.17, 15) is 4.79 Å². The number of allylic oxidation sites excluding steroid dienone is 1. The van der Waals surface area contributed by atoms with Gasteiger partial charge >= 0.3 is 0 Å². The van der Waals surface area contributed by atoms with Gasteiger partial charge in [0.2, 0.25) is 0 Å². The summed E-state index contributed by atoms with van der Waals surface area (Å²) >= 11 is 0. The highest BCUT2D eigenvalue weighted by molar-refractivity contribution is 5.86. The molecule has 2 fully saturated rings. The molecule has 2 aliphatic heterocycles. The molecule has 0 N–H and O–H groups in total. The zero-order valence-corrected chi connectivity index (χ0v) is 13.6. The summed E-state index contributed by atoms with van der Waals surface area (Å²) in [5.41, 5.74) is -0.820. The summed E-state index contributed by atoms with van der Waals surface area (Å²) in [6, 6.07) is 0.202. The molecule has 0 unspecified atom stereocenters. The monoisotopic (exact) mass is 297 g/mol. The van der Waals surface area contributed by atoms with Gasteiger partial charge in [0, 0.05) is 26.6 Å². The average molecular weight is 297 g/mol.